The molecule has 1 N–H and O–H groups in total. The number of hydrogen-bond donors (Lipinski definition) is 1. The maximum Gasteiger partial charge on any atom is 0.225 e. The number of hydrogen-bond acceptors (Lipinski definition) is 3. The number of halogens is 1. The monoisotopic (exact) mass is 316 g/mol. The molecule has 4 nitrogen and oxygen atoms in total. The maximum absolute atomic E-state index is 13.1. The quantitative estimate of drug-likeness (QED) is 0.876. The van der Waals surface area contributed by atoms with Crippen LogP contribution in [0.15, 0.2) is 42.6 Å². The van der Waals surface area contributed by atoms with Gasteiger partial charge >= 0.3 is 0 Å². The summed E-state index contributed by atoms with van der Waals surface area (Å²) < 4.78 is 18.0. The molecule has 0 bridgehead atoms. The zero-order chi connectivity index (χ0) is 16.8. The number of rotatable bonds is 6. The van der Waals surface area contributed by atoms with Crippen LogP contribution >= 0.6 is 0 Å². The molecule has 5 heteroatoms. The molecule has 23 heavy (non-hydrogen) atoms. The number of nitrogens with one attached hydrogen (secondary N) is 1. The normalized spacial score (nSPS) is 12.0. The Kier molecular flexibility index (Phi) is 5.68. The van der Waals surface area contributed by atoms with Gasteiger partial charge in [-0.3, -0.25) is 4.79 Å². The number of methoxy groups -OCH3 is 1. The van der Waals surface area contributed by atoms with Gasteiger partial charge in [-0.05, 0) is 35.6 Å². The molecular weight excluding hydrogens is 295 g/mol. The van der Waals surface area contributed by atoms with Crippen molar-refractivity contribution in [1.82, 2.24) is 4.98 Å². The lowest BCUT2D eigenvalue weighted by Crippen LogP contribution is -2.18. The molecule has 0 aliphatic heterocycles. The van der Waals surface area contributed by atoms with Crippen LogP contribution in [0.4, 0.5) is 10.1 Å². The lowest BCUT2D eigenvalue weighted by Gasteiger charge is -2.21. The fourth-order valence-electron chi connectivity index (χ4n) is 2.44. The van der Waals surface area contributed by atoms with Gasteiger partial charge in [0.1, 0.15) is 5.82 Å². The third-order valence-corrected chi connectivity index (χ3v) is 3.74. The standard InChI is InChI=1S/C18H21FN2O2/c1-12(2)16(13-4-6-14(19)7-5-13)10-17(22)21-15-8-9-18(23-3)20-11-15/h4-9,11-12,16H,10H2,1-3H3,(H,21,22). The number of aromatic nitrogens is 1. The predicted molar refractivity (Wildman–Crippen MR) is 88.0 cm³/mol. The molecule has 0 radical (unpaired) electrons. The van der Waals surface area contributed by atoms with Crippen LogP contribution in [-0.4, -0.2) is 18.0 Å². The number of nitrogens with zero attached hydrogens (tertiary/aromatic N) is 1. The molecule has 0 aliphatic rings. The number of benzene rings is 1. The lowest BCUT2D eigenvalue weighted by molar-refractivity contribution is -0.116. The Bertz CT molecular complexity index is 639. The highest BCUT2D eigenvalue weighted by Crippen LogP contribution is 2.28. The van der Waals surface area contributed by atoms with Gasteiger partial charge in [-0.1, -0.05) is 26.0 Å². The minimum atomic E-state index is -0.273. The van der Waals surface area contributed by atoms with E-state index in [4.69, 9.17) is 4.74 Å². The van der Waals surface area contributed by atoms with E-state index in [2.05, 4.69) is 24.1 Å². The van der Waals surface area contributed by atoms with E-state index in [1.165, 1.54) is 19.2 Å². The second-order valence-corrected chi connectivity index (χ2v) is 5.74. The molecule has 122 valence electrons. The molecule has 0 spiro atoms. The van der Waals surface area contributed by atoms with Crippen molar-refractivity contribution in [2.45, 2.75) is 26.2 Å². The second-order valence-electron chi connectivity index (χ2n) is 5.74. The topological polar surface area (TPSA) is 51.2 Å². The summed E-state index contributed by atoms with van der Waals surface area (Å²) in [7, 11) is 1.54. The molecule has 0 fully saturated rings. The first-order chi connectivity index (χ1) is 11.0. The second kappa shape index (κ2) is 7.72. The summed E-state index contributed by atoms with van der Waals surface area (Å²) in [5.41, 5.74) is 1.59. The predicted octanol–water partition coefficient (Wildman–Crippen LogP) is 4.00. The minimum absolute atomic E-state index is 0.0295. The Hall–Kier alpha value is -2.43. The number of ether oxygens (including phenoxy) is 1. The van der Waals surface area contributed by atoms with Crippen LogP contribution in [0, 0.1) is 11.7 Å². The largest absolute Gasteiger partial charge is 0.481 e. The Balaban J connectivity index is 2.04. The summed E-state index contributed by atoms with van der Waals surface area (Å²) >= 11 is 0. The number of carbonyl (C=O) groups excluding carboxylic acids is 1. The van der Waals surface area contributed by atoms with E-state index in [0.717, 1.165) is 5.56 Å². The van der Waals surface area contributed by atoms with E-state index in [-0.39, 0.29) is 23.6 Å². The van der Waals surface area contributed by atoms with Crippen LogP contribution in [0.3, 0.4) is 0 Å². The number of anilines is 1. The summed E-state index contributed by atoms with van der Waals surface area (Å²) in [4.78, 5) is 16.3. The third kappa shape index (κ3) is 4.77. The molecule has 2 aromatic rings. The number of amides is 1. The van der Waals surface area contributed by atoms with E-state index in [0.29, 0.717) is 18.0 Å². The minimum Gasteiger partial charge on any atom is -0.481 e. The smallest absolute Gasteiger partial charge is 0.225 e. The SMILES string of the molecule is COc1ccc(NC(=O)CC(c2ccc(F)cc2)C(C)C)cn1. The Morgan fingerprint density at radius 1 is 1.22 bits per heavy atom. The first-order valence-corrected chi connectivity index (χ1v) is 7.55. The zero-order valence-corrected chi connectivity index (χ0v) is 13.5. The molecule has 1 unspecified atom stereocenters. The van der Waals surface area contributed by atoms with E-state index in [9.17, 15) is 9.18 Å². The lowest BCUT2D eigenvalue weighted by atomic mass is 9.85. The van der Waals surface area contributed by atoms with Gasteiger partial charge in [0.05, 0.1) is 19.0 Å². The van der Waals surface area contributed by atoms with Crippen LogP contribution in [0.2, 0.25) is 0 Å². The average Bonchev–Trinajstić information content (AvgIpc) is 2.54. The van der Waals surface area contributed by atoms with Gasteiger partial charge in [0.25, 0.3) is 0 Å². The van der Waals surface area contributed by atoms with E-state index in [1.54, 1.807) is 30.5 Å². The fraction of sp³-hybridized carbons (Fsp3) is 0.333. The highest BCUT2D eigenvalue weighted by atomic mass is 19.1. The van der Waals surface area contributed by atoms with Crippen molar-refractivity contribution in [1.29, 1.82) is 0 Å². The zero-order valence-electron chi connectivity index (χ0n) is 13.5. The van der Waals surface area contributed by atoms with Crippen molar-refractivity contribution < 1.29 is 13.9 Å². The highest BCUT2D eigenvalue weighted by Gasteiger charge is 2.20. The van der Waals surface area contributed by atoms with Gasteiger partial charge in [0.2, 0.25) is 11.8 Å². The van der Waals surface area contributed by atoms with Crippen LogP contribution < -0.4 is 10.1 Å². The highest BCUT2D eigenvalue weighted by molar-refractivity contribution is 5.91. The van der Waals surface area contributed by atoms with Crippen molar-refractivity contribution >= 4 is 11.6 Å². The molecule has 0 saturated carbocycles. The van der Waals surface area contributed by atoms with Crippen molar-refractivity contribution in [2.24, 2.45) is 5.92 Å². The van der Waals surface area contributed by atoms with Gasteiger partial charge in [-0.15, -0.1) is 0 Å². The fourth-order valence-corrected chi connectivity index (χ4v) is 2.44. The van der Waals surface area contributed by atoms with Gasteiger partial charge in [-0.25, -0.2) is 9.37 Å². The maximum atomic E-state index is 13.1. The molecule has 1 amide bonds. The Morgan fingerprint density at radius 3 is 2.43 bits per heavy atom. The average molecular weight is 316 g/mol. The van der Waals surface area contributed by atoms with Crippen LogP contribution in [0.5, 0.6) is 5.88 Å². The summed E-state index contributed by atoms with van der Waals surface area (Å²) in [6.45, 7) is 4.10. The van der Waals surface area contributed by atoms with Crippen LogP contribution in [0.25, 0.3) is 0 Å². The van der Waals surface area contributed by atoms with Gasteiger partial charge in [0, 0.05) is 12.5 Å². The third-order valence-electron chi connectivity index (χ3n) is 3.74. The van der Waals surface area contributed by atoms with Crippen LogP contribution in [0.1, 0.15) is 31.7 Å². The Labute approximate surface area is 135 Å². The van der Waals surface area contributed by atoms with E-state index < -0.39 is 0 Å². The first-order valence-electron chi connectivity index (χ1n) is 7.55. The van der Waals surface area contributed by atoms with Crippen molar-refractivity contribution in [3.8, 4) is 5.88 Å². The summed E-state index contributed by atoms with van der Waals surface area (Å²) in [5, 5.41) is 2.83. The molecular formula is C18H21FN2O2. The molecule has 1 heterocycles. The van der Waals surface area contributed by atoms with Crippen molar-refractivity contribution in [3.63, 3.8) is 0 Å². The van der Waals surface area contributed by atoms with E-state index >= 15 is 0 Å². The first kappa shape index (κ1) is 16.9. The molecule has 1 aromatic heterocycles. The summed E-state index contributed by atoms with van der Waals surface area (Å²) in [5.74, 6) is 0.418. The van der Waals surface area contributed by atoms with Crippen molar-refractivity contribution in [2.75, 3.05) is 12.4 Å². The molecule has 0 saturated heterocycles. The molecule has 2 rings (SSSR count). The molecule has 0 aliphatic carbocycles. The number of carbonyl (C=O) groups is 1. The summed E-state index contributed by atoms with van der Waals surface area (Å²) in [6, 6.07) is 9.76. The Morgan fingerprint density at radius 2 is 1.91 bits per heavy atom. The van der Waals surface area contributed by atoms with Gasteiger partial charge in [0.15, 0.2) is 0 Å². The van der Waals surface area contributed by atoms with E-state index in [1.807, 2.05) is 0 Å². The van der Waals surface area contributed by atoms with Gasteiger partial charge in [-0.2, -0.15) is 0 Å². The van der Waals surface area contributed by atoms with Crippen molar-refractivity contribution in [3.05, 3.63) is 54.0 Å². The van der Waals surface area contributed by atoms with Gasteiger partial charge < -0.3 is 10.1 Å². The molecule has 1 atom stereocenters. The summed E-state index contributed by atoms with van der Waals surface area (Å²) in [6.07, 6.45) is 1.88. The van der Waals surface area contributed by atoms with Crippen LogP contribution in [-0.2, 0) is 4.79 Å². The molecule has 1 aromatic carbocycles. The number of pyridine rings is 1.